The Balaban J connectivity index is 0.000000287. The van der Waals surface area contributed by atoms with Gasteiger partial charge >= 0.3 is 0 Å². The molecule has 0 aliphatic heterocycles. The molecule has 0 fully saturated rings. The summed E-state index contributed by atoms with van der Waals surface area (Å²) in [5, 5.41) is 0. The van der Waals surface area contributed by atoms with Gasteiger partial charge in [0, 0.05) is 11.1 Å². The first-order chi connectivity index (χ1) is 58.3. The summed E-state index contributed by atoms with van der Waals surface area (Å²) in [4.78, 5) is -1.24. The molecule has 0 aliphatic carbocycles. The Morgan fingerprint density at radius 3 is 0.533 bits per heavy atom. The van der Waals surface area contributed by atoms with Gasteiger partial charge in [-0.1, -0.05) is 297 Å². The molecule has 0 aromatic heterocycles. The minimum Gasteiger partial charge on any atom is -0.744 e. The van der Waals surface area contributed by atoms with Gasteiger partial charge in [-0.3, -0.25) is 0 Å². The summed E-state index contributed by atoms with van der Waals surface area (Å²) in [6.07, 6.45) is 29.8. The van der Waals surface area contributed by atoms with Gasteiger partial charge in [0.15, 0.2) is 0 Å². The average Bonchev–Trinajstić information content (AvgIpc) is 0.758. The molecule has 636 valence electrons. The van der Waals surface area contributed by atoms with Gasteiger partial charge < -0.3 is 18.2 Å². The molecule has 0 heterocycles. The van der Waals surface area contributed by atoms with Gasteiger partial charge in [-0.2, -0.15) is 0 Å². The quantitative estimate of drug-likeness (QED) is 0.0312. The van der Waals surface area contributed by atoms with Crippen molar-refractivity contribution in [1.82, 2.24) is 0 Å². The molecule has 0 bridgehead atoms. The first-order valence-electron chi connectivity index (χ1n) is 41.4. The van der Waals surface area contributed by atoms with Crippen LogP contribution in [-0.2, 0) is 40.5 Å². The number of rotatable bonds is 24. The van der Waals surface area contributed by atoms with Crippen LogP contribution in [0.1, 0.15) is 157 Å². The van der Waals surface area contributed by atoms with E-state index in [1.54, 1.807) is 48.5 Å². The highest BCUT2D eigenvalue weighted by Gasteiger charge is 2.23. The lowest BCUT2D eigenvalue weighted by molar-refractivity contribution is 0.461. The van der Waals surface area contributed by atoms with Gasteiger partial charge in [0.1, 0.15) is 40.5 Å². The molecule has 0 saturated carbocycles. The van der Waals surface area contributed by atoms with Crippen molar-refractivity contribution >= 4 is 40.5 Å². The van der Waals surface area contributed by atoms with E-state index in [9.17, 15) is 51.9 Å². The molecule has 16 heteroatoms. The zero-order valence-corrected chi connectivity index (χ0v) is 75.9. The minimum atomic E-state index is -4.59. The number of hydrogen-bond acceptors (Lipinski definition) is 12. The van der Waals surface area contributed by atoms with E-state index in [-0.39, 0.29) is 19.6 Å². The maximum Gasteiger partial charge on any atom is 0.124 e. The highest BCUT2D eigenvalue weighted by Crippen LogP contribution is 2.48. The van der Waals surface area contributed by atoms with Gasteiger partial charge in [-0.25, -0.2) is 33.7 Å². The maximum atomic E-state index is 11.5. The summed E-state index contributed by atoms with van der Waals surface area (Å²) in [6, 6.07) is 85.4. The van der Waals surface area contributed by atoms with E-state index in [4.69, 9.17) is 12.8 Å². The molecule has 12 nitrogen and oxygen atoms in total. The van der Waals surface area contributed by atoms with Crippen LogP contribution in [0.3, 0.4) is 0 Å². The van der Waals surface area contributed by atoms with Crippen molar-refractivity contribution in [3.8, 4) is 114 Å². The summed E-state index contributed by atoms with van der Waals surface area (Å²) in [7, 11) is -18.3. The number of hydrogen-bond donors (Lipinski definition) is 0. The lowest BCUT2D eigenvalue weighted by atomic mass is 9.83. The summed E-state index contributed by atoms with van der Waals surface area (Å²) >= 11 is 0. The Morgan fingerprint density at radius 1 is 0.246 bits per heavy atom. The summed E-state index contributed by atoms with van der Waals surface area (Å²) in [6.45, 7) is 30.6. The third-order valence-corrected chi connectivity index (χ3v) is 24.4. The maximum absolute atomic E-state index is 11.5. The van der Waals surface area contributed by atoms with E-state index >= 15 is 0 Å². The molecule has 12 rings (SSSR count). The molecule has 0 spiro atoms. The zero-order chi connectivity index (χ0) is 90.0. The van der Waals surface area contributed by atoms with E-state index in [1.165, 1.54) is 111 Å². The molecule has 0 aliphatic rings. The standard InChI is InChI=1S/2C30H22O6S2.C10H6.C8H10.4C7H15/c2*31-37(32,33)25-15-11-21(12-16-25)27-19-20-28(22-13-17-26(18-14-22)38(34,35)36)30(24-9-5-2-6-10-24)29(27)23-7-3-1-4-8-23;1-3-9-5-7-10(4-2)8-6-9;1-7-3-5-8(2)6-4-7;4*1-4-7(5-2)6-3/h2*1-20H,(H,31,32,33)(H,34,35,36);1-2,5-8H;3-6H,1-2H3;4*4,7H,5-6H2,1-3H3/q;;;;4*+1/p-4. The van der Waals surface area contributed by atoms with E-state index < -0.39 is 40.5 Å². The van der Waals surface area contributed by atoms with Crippen LogP contribution in [0.2, 0.25) is 0 Å². The monoisotopic (exact) mass is 1710 g/mol. The minimum absolute atomic E-state index is 0.309. The van der Waals surface area contributed by atoms with Crippen LogP contribution in [0.4, 0.5) is 0 Å². The Bertz CT molecular complexity index is 4970. The van der Waals surface area contributed by atoms with E-state index in [0.717, 1.165) is 102 Å². The Morgan fingerprint density at radius 2 is 0.410 bits per heavy atom. The second-order valence-corrected chi connectivity index (χ2v) is 34.4. The lowest BCUT2D eigenvalue weighted by Crippen LogP contribution is -1.99. The Kier molecular flexibility index (Phi) is 42.9. The molecule has 0 unspecified atom stereocenters. The number of aryl methyl sites for hydroxylation is 2. The van der Waals surface area contributed by atoms with Crippen molar-refractivity contribution in [2.75, 3.05) is 0 Å². The van der Waals surface area contributed by atoms with Crippen LogP contribution in [0.25, 0.3) is 89.0 Å². The second-order valence-electron chi connectivity index (χ2n) is 28.9. The molecule has 122 heavy (non-hydrogen) atoms. The summed E-state index contributed by atoms with van der Waals surface area (Å²) in [5.74, 6) is 8.46. The molecule has 12 aromatic rings. The first kappa shape index (κ1) is 101. The third kappa shape index (κ3) is 32.0. The molecular formula is C106H116O12S4. The first-order valence-corrected chi connectivity index (χ1v) is 47.0. The second kappa shape index (κ2) is 51.6. The Labute approximate surface area is 731 Å². The molecular weight excluding hydrogens is 1590 g/mol. The fraction of sp³-hybridized carbons (Fsp3) is 0.245. The lowest BCUT2D eigenvalue weighted by Gasteiger charge is -2.21. The predicted molar refractivity (Wildman–Crippen MR) is 503 cm³/mol. The SMILES string of the molecule is C#Cc1ccc(C#C)cc1.C[CH+]C(CC)CC.C[CH+]C(CC)CC.C[CH+]C(CC)CC.C[CH+]C(CC)CC.Cc1ccc(C)cc1.O=S(=O)([O-])c1ccc(-c2ccc(-c3ccc(S(=O)(=O)[O-])cc3)c(-c3ccccc3)c2-c2ccccc2)cc1.O=S(=O)([O-])c1ccc(-c2ccc(-c3ccc(S(=O)(=O)[O-])cc3)c(-c3ccccc3)c2-c2ccccc2)cc1. The molecule has 0 N–H and O–H groups in total. The fourth-order valence-corrected chi connectivity index (χ4v) is 15.2. The van der Waals surface area contributed by atoms with Gasteiger partial charge in [0.05, 0.1) is 96.6 Å². The van der Waals surface area contributed by atoms with Gasteiger partial charge in [0.2, 0.25) is 0 Å². The van der Waals surface area contributed by atoms with E-state index in [1.807, 2.05) is 170 Å². The van der Waals surface area contributed by atoms with Crippen LogP contribution >= 0.6 is 0 Å². The van der Waals surface area contributed by atoms with Crippen LogP contribution < -0.4 is 0 Å². The molecule has 12 aromatic carbocycles. The number of terminal acetylenes is 2. The van der Waals surface area contributed by atoms with E-state index in [0.29, 0.717) is 22.3 Å². The smallest absolute Gasteiger partial charge is 0.124 e. The zero-order valence-electron chi connectivity index (χ0n) is 72.7. The van der Waals surface area contributed by atoms with Crippen LogP contribution in [0.15, 0.2) is 311 Å². The van der Waals surface area contributed by atoms with Crippen LogP contribution in [-0.4, -0.2) is 51.9 Å². The van der Waals surface area contributed by atoms with Gasteiger partial charge in [-0.05, 0) is 227 Å². The molecule has 0 radical (unpaired) electrons. The normalized spacial score (nSPS) is 10.9. The van der Waals surface area contributed by atoms with Gasteiger partial charge in [0.25, 0.3) is 0 Å². The summed E-state index contributed by atoms with van der Waals surface area (Å²) in [5.41, 5.74) is 17.6. The molecule has 0 saturated heterocycles. The largest absolute Gasteiger partial charge is 0.744 e. The van der Waals surface area contributed by atoms with Crippen molar-refractivity contribution in [1.29, 1.82) is 0 Å². The highest BCUT2D eigenvalue weighted by molar-refractivity contribution is 7.86. The van der Waals surface area contributed by atoms with Crippen LogP contribution in [0.5, 0.6) is 0 Å². The topological polar surface area (TPSA) is 229 Å². The Hall–Kier alpha value is -11.1. The van der Waals surface area contributed by atoms with Crippen molar-refractivity contribution in [2.45, 2.75) is 168 Å². The van der Waals surface area contributed by atoms with Crippen molar-refractivity contribution in [3.05, 3.63) is 339 Å². The predicted octanol–water partition coefficient (Wildman–Crippen LogP) is 26.9. The fourth-order valence-electron chi connectivity index (χ4n) is 13.3. The third-order valence-electron chi connectivity index (χ3n) is 21.0. The molecule has 0 atom stereocenters. The average molecular weight is 1710 g/mol. The van der Waals surface area contributed by atoms with Crippen LogP contribution in [0, 0.1) is 87.9 Å². The molecule has 0 amide bonds. The number of benzene rings is 12. The van der Waals surface area contributed by atoms with Crippen molar-refractivity contribution in [2.24, 2.45) is 23.7 Å². The van der Waals surface area contributed by atoms with Crippen molar-refractivity contribution < 1.29 is 51.9 Å². The summed E-state index contributed by atoms with van der Waals surface area (Å²) < 4.78 is 138. The highest BCUT2D eigenvalue weighted by atomic mass is 32.2. The van der Waals surface area contributed by atoms with Crippen molar-refractivity contribution in [3.63, 3.8) is 0 Å². The van der Waals surface area contributed by atoms with E-state index in [2.05, 4.69) is 159 Å². The van der Waals surface area contributed by atoms with Gasteiger partial charge in [-0.15, -0.1) is 12.8 Å².